The van der Waals surface area contributed by atoms with E-state index < -0.39 is 47.5 Å². The first kappa shape index (κ1) is 22.0. The van der Waals surface area contributed by atoms with Crippen molar-refractivity contribution in [3.63, 3.8) is 0 Å². The zero-order valence-electron chi connectivity index (χ0n) is 15.8. The standard InChI is InChI=1S/C21H18F6N2O/c22-13-8-15(23)20(16(24)9-13)18(30)10-14-2-1-3-17(28-14)21(27)12-4-6-29(7-5-12)11-19(25)26/h1-3,8-9,19H,4-7,10-11H2. The average Bonchev–Trinajstić information content (AvgIpc) is 2.67. The lowest BCUT2D eigenvalue weighted by Gasteiger charge is -2.28. The molecule has 0 N–H and O–H groups in total. The number of nitrogens with zero attached hydrogens (tertiary/aromatic N) is 2. The van der Waals surface area contributed by atoms with Gasteiger partial charge in [0.05, 0.1) is 24.2 Å². The molecule has 3 nitrogen and oxygen atoms in total. The molecular formula is C21H18F6N2O. The van der Waals surface area contributed by atoms with Crippen molar-refractivity contribution in [1.82, 2.24) is 9.88 Å². The Kier molecular flexibility index (Phi) is 6.91. The van der Waals surface area contributed by atoms with Crippen LogP contribution in [0.25, 0.3) is 5.83 Å². The number of hydrogen-bond donors (Lipinski definition) is 0. The van der Waals surface area contributed by atoms with E-state index in [1.807, 2.05) is 0 Å². The average molecular weight is 428 g/mol. The summed E-state index contributed by atoms with van der Waals surface area (Å²) >= 11 is 0. The minimum absolute atomic E-state index is 0.0438. The maximum Gasteiger partial charge on any atom is 0.251 e. The second-order valence-electron chi connectivity index (χ2n) is 6.97. The molecule has 1 aliphatic heterocycles. The number of carbonyl (C=O) groups is 1. The molecule has 2 heterocycles. The molecule has 0 saturated carbocycles. The molecule has 9 heteroatoms. The zero-order chi connectivity index (χ0) is 21.8. The van der Waals surface area contributed by atoms with Crippen molar-refractivity contribution >= 4 is 11.6 Å². The molecule has 1 aliphatic rings. The summed E-state index contributed by atoms with van der Waals surface area (Å²) in [4.78, 5) is 17.9. The third-order valence-corrected chi connectivity index (χ3v) is 4.83. The van der Waals surface area contributed by atoms with Gasteiger partial charge >= 0.3 is 0 Å². The van der Waals surface area contributed by atoms with Gasteiger partial charge in [-0.2, -0.15) is 0 Å². The van der Waals surface area contributed by atoms with Gasteiger partial charge < -0.3 is 0 Å². The van der Waals surface area contributed by atoms with Gasteiger partial charge in [-0.25, -0.2) is 31.3 Å². The van der Waals surface area contributed by atoms with Crippen molar-refractivity contribution in [2.75, 3.05) is 19.6 Å². The summed E-state index contributed by atoms with van der Waals surface area (Å²) in [6.45, 7) is 0.240. The third-order valence-electron chi connectivity index (χ3n) is 4.83. The lowest BCUT2D eigenvalue weighted by Crippen LogP contribution is -2.34. The molecule has 1 saturated heterocycles. The van der Waals surface area contributed by atoms with Gasteiger partial charge in [-0.05, 0) is 30.5 Å². The summed E-state index contributed by atoms with van der Waals surface area (Å²) in [5, 5.41) is 0. The molecule has 1 aromatic carbocycles. The molecular weight excluding hydrogens is 410 g/mol. The van der Waals surface area contributed by atoms with Crippen LogP contribution in [0.1, 0.15) is 34.6 Å². The highest BCUT2D eigenvalue weighted by Crippen LogP contribution is 2.27. The van der Waals surface area contributed by atoms with Crippen LogP contribution in [-0.4, -0.2) is 41.7 Å². The number of likely N-dealkylation sites (tertiary alicyclic amines) is 1. The van der Waals surface area contributed by atoms with E-state index in [9.17, 15) is 31.1 Å². The molecule has 30 heavy (non-hydrogen) atoms. The molecule has 0 atom stereocenters. The van der Waals surface area contributed by atoms with Gasteiger partial charge in [0.2, 0.25) is 0 Å². The van der Waals surface area contributed by atoms with Crippen molar-refractivity contribution in [2.24, 2.45) is 0 Å². The van der Waals surface area contributed by atoms with E-state index in [2.05, 4.69) is 4.98 Å². The SMILES string of the molecule is O=C(Cc1cccc(C(F)=C2CCN(CC(F)F)CC2)n1)c1c(F)cc(F)cc1F. The minimum atomic E-state index is -2.45. The minimum Gasteiger partial charge on any atom is -0.297 e. The molecule has 1 fully saturated rings. The zero-order valence-corrected chi connectivity index (χ0v) is 15.8. The Balaban J connectivity index is 1.74. The second-order valence-corrected chi connectivity index (χ2v) is 6.97. The highest BCUT2D eigenvalue weighted by Gasteiger charge is 2.22. The van der Waals surface area contributed by atoms with E-state index in [0.29, 0.717) is 30.8 Å². The molecule has 0 aliphatic carbocycles. The van der Waals surface area contributed by atoms with Crippen LogP contribution < -0.4 is 0 Å². The van der Waals surface area contributed by atoms with Crippen molar-refractivity contribution in [1.29, 1.82) is 0 Å². The maximum absolute atomic E-state index is 14.8. The summed E-state index contributed by atoms with van der Waals surface area (Å²) in [5.41, 5.74) is -0.398. The summed E-state index contributed by atoms with van der Waals surface area (Å²) in [6, 6.07) is 5.06. The summed E-state index contributed by atoms with van der Waals surface area (Å²) in [7, 11) is 0. The molecule has 0 amide bonds. The van der Waals surface area contributed by atoms with Crippen LogP contribution in [0.15, 0.2) is 35.9 Å². The fourth-order valence-electron chi connectivity index (χ4n) is 3.36. The lowest BCUT2D eigenvalue weighted by molar-refractivity contribution is 0.0843. The summed E-state index contributed by atoms with van der Waals surface area (Å²) < 4.78 is 80.3. The van der Waals surface area contributed by atoms with Crippen molar-refractivity contribution in [3.8, 4) is 0 Å². The van der Waals surface area contributed by atoms with E-state index in [-0.39, 0.29) is 30.8 Å². The van der Waals surface area contributed by atoms with Gasteiger partial charge in [0.15, 0.2) is 5.78 Å². The topological polar surface area (TPSA) is 33.2 Å². The maximum atomic E-state index is 14.8. The van der Waals surface area contributed by atoms with Crippen LogP contribution in [0.3, 0.4) is 0 Å². The van der Waals surface area contributed by atoms with E-state index >= 15 is 0 Å². The van der Waals surface area contributed by atoms with Gasteiger partial charge in [0.25, 0.3) is 6.43 Å². The van der Waals surface area contributed by atoms with Crippen molar-refractivity contribution in [3.05, 3.63) is 70.3 Å². The van der Waals surface area contributed by atoms with Crippen LogP contribution in [0.5, 0.6) is 0 Å². The Morgan fingerprint density at radius 3 is 2.30 bits per heavy atom. The van der Waals surface area contributed by atoms with Gasteiger partial charge in [-0.1, -0.05) is 6.07 Å². The quantitative estimate of drug-likeness (QED) is 0.482. The Morgan fingerprint density at radius 1 is 1.07 bits per heavy atom. The first-order chi connectivity index (χ1) is 14.2. The number of halogens is 6. The third kappa shape index (κ3) is 5.27. The molecule has 160 valence electrons. The number of alkyl halides is 2. The molecule has 0 unspecified atom stereocenters. The van der Waals surface area contributed by atoms with E-state index in [4.69, 9.17) is 0 Å². The van der Waals surface area contributed by atoms with Gasteiger partial charge in [0, 0.05) is 30.9 Å². The molecule has 0 bridgehead atoms. The Labute approximate surface area is 169 Å². The fourth-order valence-corrected chi connectivity index (χ4v) is 3.36. The number of Topliss-reactive ketones (excluding diaryl/α,β-unsaturated/α-hetero) is 1. The number of aromatic nitrogens is 1. The second kappa shape index (κ2) is 9.42. The monoisotopic (exact) mass is 428 g/mol. The van der Waals surface area contributed by atoms with Crippen molar-refractivity contribution in [2.45, 2.75) is 25.7 Å². The van der Waals surface area contributed by atoms with E-state index in [0.717, 1.165) is 0 Å². The summed E-state index contributed by atoms with van der Waals surface area (Å²) in [6.07, 6.45) is -2.41. The van der Waals surface area contributed by atoms with Crippen LogP contribution >= 0.6 is 0 Å². The first-order valence-electron chi connectivity index (χ1n) is 9.26. The van der Waals surface area contributed by atoms with E-state index in [1.54, 1.807) is 4.90 Å². The molecule has 0 spiro atoms. The normalized spacial score (nSPS) is 15.0. The smallest absolute Gasteiger partial charge is 0.251 e. The van der Waals surface area contributed by atoms with E-state index in [1.165, 1.54) is 18.2 Å². The number of rotatable bonds is 6. The van der Waals surface area contributed by atoms with Crippen LogP contribution in [0.2, 0.25) is 0 Å². The predicted octanol–water partition coefficient (Wildman–Crippen LogP) is 4.97. The fraction of sp³-hybridized carbons (Fsp3) is 0.333. The Morgan fingerprint density at radius 2 is 1.70 bits per heavy atom. The largest absolute Gasteiger partial charge is 0.297 e. The molecule has 2 aromatic rings. The molecule has 0 radical (unpaired) electrons. The molecule has 3 rings (SSSR count). The van der Waals surface area contributed by atoms with Gasteiger partial charge in [0.1, 0.15) is 23.3 Å². The number of hydrogen-bond acceptors (Lipinski definition) is 3. The number of carbonyl (C=O) groups excluding carboxylic acids is 1. The Bertz CT molecular complexity index is 943. The predicted molar refractivity (Wildman–Crippen MR) is 98.3 cm³/mol. The van der Waals surface area contributed by atoms with Crippen molar-refractivity contribution < 1.29 is 31.1 Å². The summed E-state index contributed by atoms with van der Waals surface area (Å²) in [5.74, 6) is -5.34. The Hall–Kier alpha value is -2.68. The number of pyridine rings is 1. The highest BCUT2D eigenvalue weighted by atomic mass is 19.3. The lowest BCUT2D eigenvalue weighted by atomic mass is 10.0. The van der Waals surface area contributed by atoms with Gasteiger partial charge in [-0.3, -0.25) is 9.69 Å². The molecule has 1 aromatic heterocycles. The number of ketones is 1. The van der Waals surface area contributed by atoms with Gasteiger partial charge in [-0.15, -0.1) is 0 Å². The highest BCUT2D eigenvalue weighted by molar-refractivity contribution is 5.97. The number of benzene rings is 1. The van der Waals surface area contributed by atoms with Crippen LogP contribution in [0.4, 0.5) is 26.3 Å². The first-order valence-corrected chi connectivity index (χ1v) is 9.26. The van der Waals surface area contributed by atoms with Crippen LogP contribution in [-0.2, 0) is 6.42 Å². The number of piperidine rings is 1. The van der Waals surface area contributed by atoms with Crippen LogP contribution in [0, 0.1) is 17.5 Å².